The number of carbonyl (C=O) groups is 1. The van der Waals surface area contributed by atoms with Crippen molar-refractivity contribution in [2.24, 2.45) is 0 Å². The molecule has 160 valence electrons. The summed E-state index contributed by atoms with van der Waals surface area (Å²) in [6.07, 6.45) is 4.51. The van der Waals surface area contributed by atoms with Gasteiger partial charge in [-0.3, -0.25) is 4.98 Å². The van der Waals surface area contributed by atoms with Crippen LogP contribution in [-0.4, -0.2) is 41.9 Å². The Bertz CT molecular complexity index is 1270. The molecular weight excluding hydrogens is 418 g/mol. The number of aromatic nitrogens is 3. The largest absolute Gasteiger partial charge is 0.376 e. The highest BCUT2D eigenvalue weighted by molar-refractivity contribution is 7.10. The third-order valence-corrected chi connectivity index (χ3v) is 6.74. The van der Waals surface area contributed by atoms with Gasteiger partial charge < -0.3 is 15.0 Å². The Kier molecular flexibility index (Phi) is 5.41. The Morgan fingerprint density at radius 2 is 1.97 bits per heavy atom. The molecule has 0 spiro atoms. The Morgan fingerprint density at radius 3 is 2.81 bits per heavy atom. The van der Waals surface area contributed by atoms with Gasteiger partial charge in [0, 0.05) is 49.5 Å². The lowest BCUT2D eigenvalue weighted by Crippen LogP contribution is -2.15. The first kappa shape index (κ1) is 20.3. The van der Waals surface area contributed by atoms with E-state index in [-0.39, 0.29) is 5.92 Å². The van der Waals surface area contributed by atoms with Gasteiger partial charge in [-0.1, -0.05) is 24.3 Å². The van der Waals surface area contributed by atoms with Crippen LogP contribution in [0.2, 0.25) is 0 Å². The normalized spacial score (nSPS) is 15.6. The third kappa shape index (κ3) is 3.65. The Labute approximate surface area is 191 Å². The van der Waals surface area contributed by atoms with Crippen LogP contribution in [0.4, 0.5) is 11.5 Å². The fourth-order valence-electron chi connectivity index (χ4n) is 4.18. The van der Waals surface area contributed by atoms with Crippen molar-refractivity contribution < 1.29 is 4.79 Å². The van der Waals surface area contributed by atoms with Crippen LogP contribution in [0.5, 0.6) is 0 Å². The minimum Gasteiger partial charge on any atom is -0.376 e. The zero-order valence-corrected chi connectivity index (χ0v) is 18.7. The molecule has 1 aliphatic heterocycles. The molecule has 32 heavy (non-hydrogen) atoms. The second kappa shape index (κ2) is 8.51. The molecule has 1 aromatic carbocycles. The lowest BCUT2D eigenvalue weighted by atomic mass is 9.93. The van der Waals surface area contributed by atoms with Crippen LogP contribution in [0, 0.1) is 0 Å². The predicted octanol–water partition coefficient (Wildman–Crippen LogP) is 4.55. The standard InChI is InChI=1S/C25H23N5OS/c1-30(2)22-9-5-10-26-23(22)20(14-31)16-6-3-7-17(12-16)21-15-32-25(29-21)19-13-28-24-18(19)8-4-11-27-24/h3-12,14-15,19-20H,13H2,1-2H3,(H,27,28). The first-order valence-electron chi connectivity index (χ1n) is 10.5. The fraction of sp³-hybridized carbons (Fsp3) is 0.200. The van der Waals surface area contributed by atoms with Crippen LogP contribution in [0.1, 0.15) is 33.7 Å². The van der Waals surface area contributed by atoms with E-state index < -0.39 is 5.92 Å². The second-order valence-corrected chi connectivity index (χ2v) is 8.88. The Balaban J connectivity index is 1.47. The van der Waals surface area contributed by atoms with E-state index in [2.05, 4.69) is 32.8 Å². The van der Waals surface area contributed by atoms with E-state index in [1.807, 2.05) is 55.4 Å². The summed E-state index contributed by atoms with van der Waals surface area (Å²) in [4.78, 5) is 28.0. The van der Waals surface area contributed by atoms with Gasteiger partial charge in [-0.2, -0.15) is 0 Å². The molecule has 0 amide bonds. The lowest BCUT2D eigenvalue weighted by molar-refractivity contribution is -0.108. The van der Waals surface area contributed by atoms with Gasteiger partial charge >= 0.3 is 0 Å². The van der Waals surface area contributed by atoms with Crippen molar-refractivity contribution in [3.05, 3.63) is 88.1 Å². The SMILES string of the molecule is CN(C)c1cccnc1C(C=O)c1cccc(-c2csc(C3CNc4ncccc43)n2)c1. The molecule has 0 bridgehead atoms. The summed E-state index contributed by atoms with van der Waals surface area (Å²) in [7, 11) is 3.92. The topological polar surface area (TPSA) is 71.0 Å². The van der Waals surface area contributed by atoms with Gasteiger partial charge in [0.1, 0.15) is 17.1 Å². The number of pyridine rings is 2. The van der Waals surface area contributed by atoms with Crippen LogP contribution in [0.15, 0.2) is 66.3 Å². The van der Waals surface area contributed by atoms with Gasteiger partial charge in [-0.15, -0.1) is 11.3 Å². The summed E-state index contributed by atoms with van der Waals surface area (Å²) in [5, 5.41) is 6.52. The molecule has 1 N–H and O–H groups in total. The summed E-state index contributed by atoms with van der Waals surface area (Å²) in [5.41, 5.74) is 5.71. The fourth-order valence-corrected chi connectivity index (χ4v) is 5.12. The number of nitrogens with one attached hydrogen (secondary N) is 1. The van der Waals surface area contributed by atoms with Crippen LogP contribution in [-0.2, 0) is 4.79 Å². The van der Waals surface area contributed by atoms with Gasteiger partial charge in [0.15, 0.2) is 0 Å². The van der Waals surface area contributed by atoms with Crippen molar-refractivity contribution in [3.63, 3.8) is 0 Å². The number of fused-ring (bicyclic) bond motifs is 1. The Morgan fingerprint density at radius 1 is 1.12 bits per heavy atom. The summed E-state index contributed by atoms with van der Waals surface area (Å²) >= 11 is 1.66. The number of rotatable bonds is 6. The number of benzene rings is 1. The highest BCUT2D eigenvalue weighted by atomic mass is 32.1. The average molecular weight is 442 g/mol. The average Bonchev–Trinajstić information content (AvgIpc) is 3.47. The maximum Gasteiger partial charge on any atom is 0.133 e. The van der Waals surface area contributed by atoms with E-state index in [1.54, 1.807) is 23.7 Å². The van der Waals surface area contributed by atoms with E-state index in [0.717, 1.165) is 51.9 Å². The van der Waals surface area contributed by atoms with Crippen molar-refractivity contribution in [1.82, 2.24) is 15.0 Å². The molecule has 4 aromatic rings. The molecule has 6 nitrogen and oxygen atoms in total. The summed E-state index contributed by atoms with van der Waals surface area (Å²) < 4.78 is 0. The summed E-state index contributed by atoms with van der Waals surface area (Å²) in [6.45, 7) is 0.805. The smallest absolute Gasteiger partial charge is 0.133 e. The number of anilines is 2. The van der Waals surface area contributed by atoms with E-state index in [1.165, 1.54) is 5.56 Å². The van der Waals surface area contributed by atoms with E-state index in [0.29, 0.717) is 0 Å². The molecule has 5 rings (SSSR count). The van der Waals surface area contributed by atoms with Crippen molar-refractivity contribution in [1.29, 1.82) is 0 Å². The quantitative estimate of drug-likeness (QED) is 0.443. The summed E-state index contributed by atoms with van der Waals surface area (Å²) in [6, 6.07) is 16.0. The van der Waals surface area contributed by atoms with Crippen LogP contribution >= 0.6 is 11.3 Å². The molecule has 0 saturated carbocycles. The van der Waals surface area contributed by atoms with Gasteiger partial charge in [0.2, 0.25) is 0 Å². The molecule has 0 saturated heterocycles. The molecule has 0 aliphatic carbocycles. The van der Waals surface area contributed by atoms with Crippen LogP contribution in [0.25, 0.3) is 11.3 Å². The number of aldehydes is 1. The van der Waals surface area contributed by atoms with Crippen LogP contribution in [0.3, 0.4) is 0 Å². The lowest BCUT2D eigenvalue weighted by Gasteiger charge is -2.20. The van der Waals surface area contributed by atoms with Gasteiger partial charge in [-0.25, -0.2) is 9.97 Å². The number of hydrogen-bond acceptors (Lipinski definition) is 7. The molecule has 0 fully saturated rings. The van der Waals surface area contributed by atoms with E-state index >= 15 is 0 Å². The number of nitrogens with zero attached hydrogens (tertiary/aromatic N) is 4. The molecule has 1 aliphatic rings. The summed E-state index contributed by atoms with van der Waals surface area (Å²) in [5.74, 6) is 0.709. The number of thiazole rings is 1. The monoisotopic (exact) mass is 441 g/mol. The molecule has 2 atom stereocenters. The van der Waals surface area contributed by atoms with Crippen LogP contribution < -0.4 is 10.2 Å². The zero-order chi connectivity index (χ0) is 22.1. The molecular formula is C25H23N5OS. The highest BCUT2D eigenvalue weighted by Crippen LogP contribution is 2.38. The second-order valence-electron chi connectivity index (χ2n) is 7.99. The molecule has 7 heteroatoms. The zero-order valence-electron chi connectivity index (χ0n) is 17.9. The van der Waals surface area contributed by atoms with Crippen molar-refractivity contribution in [3.8, 4) is 11.3 Å². The van der Waals surface area contributed by atoms with Gasteiger partial charge in [0.05, 0.1) is 28.9 Å². The third-order valence-electron chi connectivity index (χ3n) is 5.78. The highest BCUT2D eigenvalue weighted by Gasteiger charge is 2.27. The first-order valence-corrected chi connectivity index (χ1v) is 11.4. The Hall–Kier alpha value is -3.58. The van der Waals surface area contributed by atoms with Gasteiger partial charge in [-0.05, 0) is 29.8 Å². The van der Waals surface area contributed by atoms with E-state index in [4.69, 9.17) is 4.98 Å². The van der Waals surface area contributed by atoms with Crippen molar-refractivity contribution >= 4 is 29.1 Å². The molecule has 2 unspecified atom stereocenters. The molecule has 3 aromatic heterocycles. The minimum atomic E-state index is -0.441. The molecule has 0 radical (unpaired) electrons. The number of carbonyl (C=O) groups excluding carboxylic acids is 1. The molecule has 4 heterocycles. The van der Waals surface area contributed by atoms with Gasteiger partial charge in [0.25, 0.3) is 0 Å². The van der Waals surface area contributed by atoms with E-state index in [9.17, 15) is 4.79 Å². The predicted molar refractivity (Wildman–Crippen MR) is 129 cm³/mol. The number of hydrogen-bond donors (Lipinski definition) is 1. The van der Waals surface area contributed by atoms with Crippen molar-refractivity contribution in [2.75, 3.05) is 30.9 Å². The first-order chi connectivity index (χ1) is 15.7. The minimum absolute atomic E-state index is 0.208. The van der Waals surface area contributed by atoms with Crippen molar-refractivity contribution in [2.45, 2.75) is 11.8 Å². The maximum atomic E-state index is 12.1. The maximum absolute atomic E-state index is 12.1.